The average Bonchev–Trinajstić information content (AvgIpc) is 1.86. The summed E-state index contributed by atoms with van der Waals surface area (Å²) in [6.45, 7) is 5.48. The molecule has 1 N–H and O–H groups in total. The summed E-state index contributed by atoms with van der Waals surface area (Å²) in [6.07, 6.45) is 1.43. The molecule has 0 rings (SSSR count). The van der Waals surface area contributed by atoms with Crippen molar-refractivity contribution in [2.45, 2.75) is 19.4 Å². The highest BCUT2D eigenvalue weighted by atomic mass is 16.3. The Morgan fingerprint density at radius 2 is 2.36 bits per heavy atom. The van der Waals surface area contributed by atoms with E-state index in [-0.39, 0.29) is 5.91 Å². The van der Waals surface area contributed by atoms with E-state index in [4.69, 9.17) is 5.11 Å². The number of rotatable bonds is 4. The number of carbonyl (C=O) groups is 1. The molecule has 0 aliphatic heterocycles. The maximum atomic E-state index is 11.0. The van der Waals surface area contributed by atoms with Crippen molar-refractivity contribution in [2.24, 2.45) is 0 Å². The molecule has 1 unspecified atom stereocenters. The molecule has 11 heavy (non-hydrogen) atoms. The molecule has 0 heterocycles. The Kier molecular flexibility index (Phi) is 4.54. The quantitative estimate of drug-likeness (QED) is 0.600. The van der Waals surface area contributed by atoms with Crippen molar-refractivity contribution < 1.29 is 9.90 Å². The molecule has 0 aliphatic carbocycles. The van der Waals surface area contributed by atoms with Crippen LogP contribution >= 0.6 is 0 Å². The lowest BCUT2D eigenvalue weighted by Gasteiger charge is -2.17. The van der Waals surface area contributed by atoms with Gasteiger partial charge in [0, 0.05) is 20.0 Å². The van der Waals surface area contributed by atoms with E-state index in [0.29, 0.717) is 13.0 Å². The van der Waals surface area contributed by atoms with Crippen LogP contribution in [-0.4, -0.2) is 35.6 Å². The molecular formula is C8H15NO2. The second-order valence-corrected chi connectivity index (χ2v) is 2.62. The minimum atomic E-state index is -0.464. The summed E-state index contributed by atoms with van der Waals surface area (Å²) in [6, 6.07) is 0. The number of likely N-dealkylation sites (N-methyl/N-ethyl adjacent to an activating group) is 1. The number of aliphatic hydroxyl groups is 1. The van der Waals surface area contributed by atoms with Crippen molar-refractivity contribution in [1.82, 2.24) is 4.90 Å². The highest BCUT2D eigenvalue weighted by Crippen LogP contribution is 1.93. The molecule has 64 valence electrons. The Balaban J connectivity index is 3.72. The van der Waals surface area contributed by atoms with E-state index in [1.807, 2.05) is 0 Å². The third kappa shape index (κ3) is 4.56. The van der Waals surface area contributed by atoms with Gasteiger partial charge in [0.15, 0.2) is 0 Å². The Morgan fingerprint density at radius 3 is 2.73 bits per heavy atom. The maximum absolute atomic E-state index is 11.0. The summed E-state index contributed by atoms with van der Waals surface area (Å²) >= 11 is 0. The number of amides is 1. The van der Waals surface area contributed by atoms with Gasteiger partial charge in [-0.2, -0.15) is 0 Å². The molecule has 0 aromatic carbocycles. The lowest BCUT2D eigenvalue weighted by molar-refractivity contribution is -0.130. The third-order valence-electron chi connectivity index (χ3n) is 1.28. The van der Waals surface area contributed by atoms with Crippen LogP contribution in [-0.2, 0) is 4.79 Å². The van der Waals surface area contributed by atoms with Crippen LogP contribution in [0, 0.1) is 0 Å². The molecule has 0 fully saturated rings. The van der Waals surface area contributed by atoms with Gasteiger partial charge in [-0.05, 0) is 6.92 Å². The predicted octanol–water partition coefficient (Wildman–Crippen LogP) is 0.402. The van der Waals surface area contributed by atoms with Crippen LogP contribution in [0.15, 0.2) is 12.7 Å². The van der Waals surface area contributed by atoms with Gasteiger partial charge in [0.25, 0.3) is 0 Å². The first-order valence-corrected chi connectivity index (χ1v) is 3.61. The van der Waals surface area contributed by atoms with Crippen molar-refractivity contribution in [3.63, 3.8) is 0 Å². The van der Waals surface area contributed by atoms with Crippen molar-refractivity contribution in [1.29, 1.82) is 0 Å². The lowest BCUT2D eigenvalue weighted by atomic mass is 10.3. The van der Waals surface area contributed by atoms with E-state index in [2.05, 4.69) is 6.58 Å². The van der Waals surface area contributed by atoms with E-state index in [9.17, 15) is 4.79 Å². The van der Waals surface area contributed by atoms with Crippen LogP contribution in [0.1, 0.15) is 13.3 Å². The Bertz CT molecular complexity index is 143. The SMILES string of the molecule is C=CCC(=O)N(C)CC(C)O. The molecule has 3 heteroatoms. The second kappa shape index (κ2) is 4.91. The van der Waals surface area contributed by atoms with Crippen LogP contribution in [0.3, 0.4) is 0 Å². The molecule has 0 aromatic heterocycles. The summed E-state index contributed by atoms with van der Waals surface area (Å²) in [5.41, 5.74) is 0. The van der Waals surface area contributed by atoms with Crippen LogP contribution < -0.4 is 0 Å². The largest absolute Gasteiger partial charge is 0.392 e. The normalized spacial score (nSPS) is 12.3. The fraction of sp³-hybridized carbons (Fsp3) is 0.625. The topological polar surface area (TPSA) is 40.5 Å². The van der Waals surface area contributed by atoms with Gasteiger partial charge in [0.2, 0.25) is 5.91 Å². The van der Waals surface area contributed by atoms with E-state index in [0.717, 1.165) is 0 Å². The second-order valence-electron chi connectivity index (χ2n) is 2.62. The van der Waals surface area contributed by atoms with Crippen LogP contribution in [0.25, 0.3) is 0 Å². The fourth-order valence-electron chi connectivity index (χ4n) is 0.777. The Morgan fingerprint density at radius 1 is 1.82 bits per heavy atom. The Hall–Kier alpha value is -0.830. The monoisotopic (exact) mass is 157 g/mol. The van der Waals surface area contributed by atoms with Gasteiger partial charge in [0.05, 0.1) is 6.10 Å². The molecule has 0 aliphatic rings. The standard InChI is InChI=1S/C8H15NO2/c1-4-5-8(11)9(3)6-7(2)10/h4,7,10H,1,5-6H2,2-3H3. The predicted molar refractivity (Wildman–Crippen MR) is 44.1 cm³/mol. The van der Waals surface area contributed by atoms with Gasteiger partial charge in [-0.1, -0.05) is 6.08 Å². The summed E-state index contributed by atoms with van der Waals surface area (Å²) in [5, 5.41) is 8.92. The van der Waals surface area contributed by atoms with Crippen LogP contribution in [0.2, 0.25) is 0 Å². The zero-order valence-electron chi connectivity index (χ0n) is 7.08. The van der Waals surface area contributed by atoms with Gasteiger partial charge in [0.1, 0.15) is 0 Å². The van der Waals surface area contributed by atoms with Gasteiger partial charge < -0.3 is 10.0 Å². The first-order chi connectivity index (χ1) is 5.07. The molecule has 0 spiro atoms. The van der Waals surface area contributed by atoms with Crippen molar-refractivity contribution in [2.75, 3.05) is 13.6 Å². The smallest absolute Gasteiger partial charge is 0.226 e. The zero-order valence-corrected chi connectivity index (χ0v) is 7.08. The van der Waals surface area contributed by atoms with Gasteiger partial charge in [-0.3, -0.25) is 4.79 Å². The fourth-order valence-corrected chi connectivity index (χ4v) is 0.777. The molecule has 0 bridgehead atoms. The molecule has 0 saturated carbocycles. The maximum Gasteiger partial charge on any atom is 0.226 e. The molecule has 0 saturated heterocycles. The summed E-state index contributed by atoms with van der Waals surface area (Å²) in [4.78, 5) is 12.5. The lowest BCUT2D eigenvalue weighted by Crippen LogP contribution is -2.32. The van der Waals surface area contributed by atoms with Gasteiger partial charge in [-0.25, -0.2) is 0 Å². The van der Waals surface area contributed by atoms with E-state index in [1.165, 1.54) is 4.90 Å². The third-order valence-corrected chi connectivity index (χ3v) is 1.28. The number of hydrogen-bond acceptors (Lipinski definition) is 2. The molecular weight excluding hydrogens is 142 g/mol. The molecule has 0 aromatic rings. The summed E-state index contributed by atoms with van der Waals surface area (Å²) in [5.74, 6) is -0.0131. The molecule has 1 amide bonds. The first-order valence-electron chi connectivity index (χ1n) is 3.61. The van der Waals surface area contributed by atoms with Crippen LogP contribution in [0.4, 0.5) is 0 Å². The van der Waals surface area contributed by atoms with Crippen LogP contribution in [0.5, 0.6) is 0 Å². The van der Waals surface area contributed by atoms with E-state index < -0.39 is 6.10 Å². The summed E-state index contributed by atoms with van der Waals surface area (Å²) < 4.78 is 0. The molecule has 0 radical (unpaired) electrons. The highest BCUT2D eigenvalue weighted by molar-refractivity contribution is 5.77. The number of aliphatic hydroxyl groups excluding tert-OH is 1. The van der Waals surface area contributed by atoms with Crippen molar-refractivity contribution in [3.8, 4) is 0 Å². The zero-order chi connectivity index (χ0) is 8.85. The van der Waals surface area contributed by atoms with Crippen molar-refractivity contribution in [3.05, 3.63) is 12.7 Å². The average molecular weight is 157 g/mol. The minimum absolute atomic E-state index is 0.0131. The van der Waals surface area contributed by atoms with Gasteiger partial charge >= 0.3 is 0 Å². The van der Waals surface area contributed by atoms with Crippen molar-refractivity contribution >= 4 is 5.91 Å². The summed E-state index contributed by atoms with van der Waals surface area (Å²) in [7, 11) is 1.67. The number of carbonyl (C=O) groups excluding carboxylic acids is 1. The number of hydrogen-bond donors (Lipinski definition) is 1. The number of nitrogens with zero attached hydrogens (tertiary/aromatic N) is 1. The minimum Gasteiger partial charge on any atom is -0.392 e. The first kappa shape index (κ1) is 10.2. The highest BCUT2D eigenvalue weighted by Gasteiger charge is 2.07. The Labute approximate surface area is 67.3 Å². The molecule has 1 atom stereocenters. The van der Waals surface area contributed by atoms with Gasteiger partial charge in [-0.15, -0.1) is 6.58 Å². The molecule has 3 nitrogen and oxygen atoms in total. The van der Waals surface area contributed by atoms with E-state index in [1.54, 1.807) is 20.0 Å². The van der Waals surface area contributed by atoms with E-state index >= 15 is 0 Å².